The summed E-state index contributed by atoms with van der Waals surface area (Å²) in [5.41, 5.74) is 2.47. The van der Waals surface area contributed by atoms with Crippen LogP contribution in [0.25, 0.3) is 0 Å². The highest BCUT2D eigenvalue weighted by atomic mass is 31.2. The summed E-state index contributed by atoms with van der Waals surface area (Å²) in [6.07, 6.45) is 5.29. The Hall–Kier alpha value is -0.950. The summed E-state index contributed by atoms with van der Waals surface area (Å²) in [4.78, 5) is 13.0. The lowest BCUT2D eigenvalue weighted by Crippen LogP contribution is -2.33. The van der Waals surface area contributed by atoms with Crippen molar-refractivity contribution in [1.29, 1.82) is 0 Å². The van der Waals surface area contributed by atoms with Crippen molar-refractivity contribution in [3.63, 3.8) is 0 Å². The van der Waals surface area contributed by atoms with Crippen LogP contribution in [-0.2, 0) is 4.79 Å². The fourth-order valence-electron chi connectivity index (χ4n) is 3.57. The molecule has 4 heteroatoms. The van der Waals surface area contributed by atoms with E-state index in [2.05, 4.69) is 33.0 Å². The van der Waals surface area contributed by atoms with E-state index < -0.39 is 7.26 Å². The number of rotatable bonds is 8. The molecule has 0 aliphatic carbocycles. The number of anilines is 1. The maximum absolute atomic E-state index is 13.5. The van der Waals surface area contributed by atoms with Gasteiger partial charge in [0.1, 0.15) is 11.5 Å². The van der Waals surface area contributed by atoms with Crippen molar-refractivity contribution >= 4 is 18.9 Å². The second-order valence-electron chi connectivity index (χ2n) is 6.38. The SMILES string of the molecule is CCCC(C(=O)Nc1c(C)cc(F)cc1C)[P+](CC)(CC)CC. The molecule has 0 spiro atoms. The van der Waals surface area contributed by atoms with Crippen molar-refractivity contribution in [2.24, 2.45) is 0 Å². The van der Waals surface area contributed by atoms with Gasteiger partial charge in [-0.15, -0.1) is 0 Å². The largest absolute Gasteiger partial charge is 0.322 e. The maximum atomic E-state index is 13.5. The average molecular weight is 340 g/mol. The van der Waals surface area contributed by atoms with Crippen molar-refractivity contribution in [1.82, 2.24) is 0 Å². The molecule has 1 N–H and O–H groups in total. The average Bonchev–Trinajstić information content (AvgIpc) is 2.51. The first-order valence-corrected chi connectivity index (χ1v) is 11.2. The summed E-state index contributed by atoms with van der Waals surface area (Å²) in [7, 11) is -1.28. The van der Waals surface area contributed by atoms with Crippen LogP contribution in [0.4, 0.5) is 10.1 Å². The van der Waals surface area contributed by atoms with Gasteiger partial charge >= 0.3 is 0 Å². The van der Waals surface area contributed by atoms with E-state index in [1.807, 2.05) is 13.8 Å². The topological polar surface area (TPSA) is 29.1 Å². The Balaban J connectivity index is 3.13. The normalized spacial score (nSPS) is 13.0. The Bertz CT molecular complexity index is 509. The van der Waals surface area contributed by atoms with E-state index in [4.69, 9.17) is 0 Å². The van der Waals surface area contributed by atoms with E-state index >= 15 is 0 Å². The highest BCUT2D eigenvalue weighted by Crippen LogP contribution is 2.63. The lowest BCUT2D eigenvalue weighted by Gasteiger charge is -2.32. The number of carbonyl (C=O) groups excluding carboxylic acids is 1. The minimum absolute atomic E-state index is 0.108. The molecule has 1 aromatic rings. The van der Waals surface area contributed by atoms with Gasteiger partial charge in [0.2, 0.25) is 0 Å². The molecule has 1 amide bonds. The Morgan fingerprint density at radius 3 is 1.96 bits per heavy atom. The minimum atomic E-state index is -1.28. The van der Waals surface area contributed by atoms with Gasteiger partial charge in [-0.05, 0) is 64.3 Å². The monoisotopic (exact) mass is 340 g/mol. The zero-order valence-corrected chi connectivity index (χ0v) is 16.4. The standard InChI is InChI=1S/C19H31FNOP/c1-7-11-17(23(8-2,9-3)10-4)19(22)21-18-14(5)12-16(20)13-15(18)6/h12-13,17H,7-11H2,1-6H3/p+1. The second-order valence-corrected chi connectivity index (χ2v) is 11.3. The predicted octanol–water partition coefficient (Wildman–Crippen LogP) is 5.63. The van der Waals surface area contributed by atoms with Gasteiger partial charge in [0.25, 0.3) is 5.91 Å². The molecule has 0 fully saturated rings. The van der Waals surface area contributed by atoms with Crippen LogP contribution in [0.3, 0.4) is 0 Å². The number of carbonyl (C=O) groups is 1. The van der Waals surface area contributed by atoms with Crippen molar-refractivity contribution in [3.8, 4) is 0 Å². The number of amides is 1. The molecule has 1 unspecified atom stereocenters. The van der Waals surface area contributed by atoms with Crippen LogP contribution >= 0.6 is 7.26 Å². The van der Waals surface area contributed by atoms with E-state index in [9.17, 15) is 9.18 Å². The zero-order chi connectivity index (χ0) is 17.6. The molecule has 0 heterocycles. The summed E-state index contributed by atoms with van der Waals surface area (Å²) >= 11 is 0. The van der Waals surface area contributed by atoms with Gasteiger partial charge in [-0.1, -0.05) is 13.3 Å². The Morgan fingerprint density at radius 1 is 1.09 bits per heavy atom. The number of benzene rings is 1. The number of hydrogen-bond acceptors (Lipinski definition) is 1. The smallest absolute Gasteiger partial charge is 0.265 e. The van der Waals surface area contributed by atoms with Crippen molar-refractivity contribution in [3.05, 3.63) is 29.1 Å². The molecule has 2 nitrogen and oxygen atoms in total. The van der Waals surface area contributed by atoms with E-state index in [-0.39, 0.29) is 17.4 Å². The third-order valence-corrected chi connectivity index (χ3v) is 10.8. The van der Waals surface area contributed by atoms with Crippen LogP contribution in [0, 0.1) is 19.7 Å². The minimum Gasteiger partial charge on any atom is -0.322 e. The molecule has 0 saturated carbocycles. The van der Waals surface area contributed by atoms with Crippen LogP contribution in [0.5, 0.6) is 0 Å². The molecule has 1 aromatic carbocycles. The molecular formula is C19H32FNOP+. The van der Waals surface area contributed by atoms with Crippen molar-refractivity contribution in [2.45, 2.75) is 60.0 Å². The van der Waals surface area contributed by atoms with E-state index in [1.165, 1.54) is 12.1 Å². The second kappa shape index (κ2) is 8.78. The van der Waals surface area contributed by atoms with Crippen LogP contribution in [0.1, 0.15) is 51.7 Å². The van der Waals surface area contributed by atoms with Gasteiger partial charge in [0.05, 0.1) is 18.5 Å². The molecule has 1 rings (SSSR count). The molecule has 0 aliphatic heterocycles. The van der Waals surface area contributed by atoms with E-state index in [0.29, 0.717) is 0 Å². The molecule has 0 radical (unpaired) electrons. The van der Waals surface area contributed by atoms with Gasteiger partial charge in [-0.2, -0.15) is 0 Å². The molecule has 1 atom stereocenters. The fourth-order valence-corrected chi connectivity index (χ4v) is 7.61. The summed E-state index contributed by atoms with van der Waals surface area (Å²) in [5, 5.41) is 3.12. The Morgan fingerprint density at radius 2 is 1.57 bits per heavy atom. The van der Waals surface area contributed by atoms with Gasteiger partial charge in [-0.3, -0.25) is 4.79 Å². The molecule has 0 aliphatic rings. The van der Waals surface area contributed by atoms with Crippen molar-refractivity contribution in [2.75, 3.05) is 23.8 Å². The Kier molecular flexibility index (Phi) is 7.67. The molecule has 23 heavy (non-hydrogen) atoms. The maximum Gasteiger partial charge on any atom is 0.265 e. The third kappa shape index (κ3) is 4.53. The summed E-state index contributed by atoms with van der Waals surface area (Å²) in [6, 6.07) is 2.97. The van der Waals surface area contributed by atoms with Crippen LogP contribution in [0.2, 0.25) is 0 Å². The molecular weight excluding hydrogens is 308 g/mol. The van der Waals surface area contributed by atoms with Gasteiger partial charge in [-0.25, -0.2) is 4.39 Å². The molecule has 0 aromatic heterocycles. The first-order chi connectivity index (χ1) is 10.8. The van der Waals surface area contributed by atoms with Crippen LogP contribution < -0.4 is 5.32 Å². The van der Waals surface area contributed by atoms with Gasteiger partial charge in [0.15, 0.2) is 0 Å². The quantitative estimate of drug-likeness (QED) is 0.611. The summed E-state index contributed by atoms with van der Waals surface area (Å²) < 4.78 is 13.5. The number of hydrogen-bond donors (Lipinski definition) is 1. The first kappa shape index (κ1) is 20.1. The van der Waals surface area contributed by atoms with Gasteiger partial charge in [0, 0.05) is 12.9 Å². The lowest BCUT2D eigenvalue weighted by molar-refractivity contribution is -0.116. The molecule has 0 saturated heterocycles. The van der Waals surface area contributed by atoms with Crippen LogP contribution in [-0.4, -0.2) is 30.1 Å². The lowest BCUT2D eigenvalue weighted by atomic mass is 10.1. The van der Waals surface area contributed by atoms with Crippen LogP contribution in [0.15, 0.2) is 12.1 Å². The fraction of sp³-hybridized carbons (Fsp3) is 0.632. The summed E-state index contributed by atoms with van der Waals surface area (Å²) in [5.74, 6) is -0.121. The third-order valence-electron chi connectivity index (χ3n) is 5.16. The van der Waals surface area contributed by atoms with Crippen molar-refractivity contribution < 1.29 is 9.18 Å². The number of halogens is 1. The zero-order valence-electron chi connectivity index (χ0n) is 15.5. The highest BCUT2D eigenvalue weighted by Gasteiger charge is 2.45. The van der Waals surface area contributed by atoms with E-state index in [0.717, 1.165) is 48.1 Å². The van der Waals surface area contributed by atoms with E-state index in [1.54, 1.807) is 0 Å². The number of aryl methyl sites for hydroxylation is 2. The predicted molar refractivity (Wildman–Crippen MR) is 102 cm³/mol. The highest BCUT2D eigenvalue weighted by molar-refractivity contribution is 7.77. The molecule has 130 valence electrons. The summed E-state index contributed by atoms with van der Waals surface area (Å²) in [6.45, 7) is 12.5. The van der Waals surface area contributed by atoms with Gasteiger partial charge < -0.3 is 5.32 Å². The molecule has 0 bridgehead atoms. The first-order valence-electron chi connectivity index (χ1n) is 8.78. The Labute approximate surface area is 141 Å². The number of nitrogens with one attached hydrogen (secondary N) is 1.